The Morgan fingerprint density at radius 2 is 2.00 bits per heavy atom. The summed E-state index contributed by atoms with van der Waals surface area (Å²) in [4.78, 5) is 0. The van der Waals surface area contributed by atoms with Gasteiger partial charge in [-0.15, -0.1) is 0 Å². The van der Waals surface area contributed by atoms with Gasteiger partial charge in [0.15, 0.2) is 0 Å². The normalized spacial score (nSPS) is 27.1. The standard InChI is InChI=1S/C16H23BrO/c1-3-16(12-17,14-7-5-4-6-8-14)11-15-10-9-13(2)18-15/h4-8,13,15H,3,9-12H2,1-2H3. The highest BCUT2D eigenvalue weighted by atomic mass is 79.9. The summed E-state index contributed by atoms with van der Waals surface area (Å²) in [5.74, 6) is 0. The lowest BCUT2D eigenvalue weighted by Crippen LogP contribution is -2.32. The summed E-state index contributed by atoms with van der Waals surface area (Å²) in [6, 6.07) is 10.9. The van der Waals surface area contributed by atoms with Crippen LogP contribution in [0.2, 0.25) is 0 Å². The fourth-order valence-corrected chi connectivity index (χ4v) is 3.90. The van der Waals surface area contributed by atoms with Crippen LogP contribution in [0, 0.1) is 0 Å². The van der Waals surface area contributed by atoms with Crippen LogP contribution in [0.1, 0.15) is 45.1 Å². The first kappa shape index (κ1) is 14.1. The van der Waals surface area contributed by atoms with E-state index in [1.165, 1.54) is 18.4 Å². The number of halogens is 1. The van der Waals surface area contributed by atoms with Gasteiger partial charge in [0, 0.05) is 10.7 Å². The Balaban J connectivity index is 2.16. The fraction of sp³-hybridized carbons (Fsp3) is 0.625. The second kappa shape index (κ2) is 6.21. The van der Waals surface area contributed by atoms with Gasteiger partial charge in [0.2, 0.25) is 0 Å². The summed E-state index contributed by atoms with van der Waals surface area (Å²) >= 11 is 3.74. The van der Waals surface area contributed by atoms with E-state index in [2.05, 4.69) is 60.1 Å². The summed E-state index contributed by atoms with van der Waals surface area (Å²) in [5, 5.41) is 1.01. The number of ether oxygens (including phenoxy) is 1. The molecule has 0 aromatic heterocycles. The third-order valence-electron chi connectivity index (χ3n) is 4.26. The Morgan fingerprint density at radius 1 is 1.28 bits per heavy atom. The molecule has 0 N–H and O–H groups in total. The van der Waals surface area contributed by atoms with Gasteiger partial charge in [0.1, 0.15) is 0 Å². The summed E-state index contributed by atoms with van der Waals surface area (Å²) in [6.07, 6.45) is 5.57. The average molecular weight is 311 g/mol. The van der Waals surface area contributed by atoms with Gasteiger partial charge in [-0.25, -0.2) is 0 Å². The van der Waals surface area contributed by atoms with Crippen LogP contribution in [0.4, 0.5) is 0 Å². The van der Waals surface area contributed by atoms with E-state index in [1.807, 2.05) is 0 Å². The van der Waals surface area contributed by atoms with E-state index in [0.717, 1.165) is 18.2 Å². The molecule has 1 aromatic carbocycles. The first-order valence-corrected chi connectivity index (χ1v) is 8.09. The molecule has 0 amide bonds. The number of benzene rings is 1. The van der Waals surface area contributed by atoms with Crippen LogP contribution in [-0.2, 0) is 10.2 Å². The van der Waals surface area contributed by atoms with Crippen LogP contribution in [-0.4, -0.2) is 17.5 Å². The van der Waals surface area contributed by atoms with Crippen molar-refractivity contribution in [3.8, 4) is 0 Å². The maximum Gasteiger partial charge on any atom is 0.0588 e. The van der Waals surface area contributed by atoms with Crippen LogP contribution in [0.15, 0.2) is 30.3 Å². The smallest absolute Gasteiger partial charge is 0.0588 e. The van der Waals surface area contributed by atoms with Crippen molar-refractivity contribution in [1.82, 2.24) is 0 Å². The minimum Gasteiger partial charge on any atom is -0.375 e. The highest BCUT2D eigenvalue weighted by molar-refractivity contribution is 9.09. The van der Waals surface area contributed by atoms with E-state index in [4.69, 9.17) is 4.74 Å². The molecule has 0 spiro atoms. The zero-order chi connectivity index (χ0) is 13.0. The maximum atomic E-state index is 6.02. The van der Waals surface area contributed by atoms with Crippen molar-refractivity contribution in [2.45, 2.75) is 57.2 Å². The van der Waals surface area contributed by atoms with Crippen molar-refractivity contribution >= 4 is 15.9 Å². The van der Waals surface area contributed by atoms with E-state index in [0.29, 0.717) is 12.2 Å². The zero-order valence-electron chi connectivity index (χ0n) is 11.4. The first-order chi connectivity index (χ1) is 8.70. The summed E-state index contributed by atoms with van der Waals surface area (Å²) < 4.78 is 6.02. The highest BCUT2D eigenvalue weighted by Crippen LogP contribution is 2.38. The number of alkyl halides is 1. The molecule has 2 rings (SSSR count). The molecule has 1 saturated heterocycles. The lowest BCUT2D eigenvalue weighted by Gasteiger charge is -2.34. The van der Waals surface area contributed by atoms with Crippen molar-refractivity contribution in [2.75, 3.05) is 5.33 Å². The molecule has 3 atom stereocenters. The van der Waals surface area contributed by atoms with E-state index < -0.39 is 0 Å². The molecule has 1 aromatic rings. The van der Waals surface area contributed by atoms with Gasteiger partial charge >= 0.3 is 0 Å². The highest BCUT2D eigenvalue weighted by Gasteiger charge is 2.35. The van der Waals surface area contributed by atoms with Crippen LogP contribution in [0.3, 0.4) is 0 Å². The van der Waals surface area contributed by atoms with Gasteiger partial charge in [-0.05, 0) is 38.2 Å². The summed E-state index contributed by atoms with van der Waals surface area (Å²) in [6.45, 7) is 4.47. The van der Waals surface area contributed by atoms with Crippen LogP contribution in [0.5, 0.6) is 0 Å². The van der Waals surface area contributed by atoms with Gasteiger partial charge in [-0.2, -0.15) is 0 Å². The quantitative estimate of drug-likeness (QED) is 0.717. The van der Waals surface area contributed by atoms with E-state index in [-0.39, 0.29) is 5.41 Å². The largest absolute Gasteiger partial charge is 0.375 e. The Hall–Kier alpha value is -0.340. The second-order valence-electron chi connectivity index (χ2n) is 5.48. The molecule has 1 aliphatic rings. The van der Waals surface area contributed by atoms with Gasteiger partial charge in [-0.1, -0.05) is 53.2 Å². The molecule has 2 heteroatoms. The van der Waals surface area contributed by atoms with Crippen molar-refractivity contribution in [3.63, 3.8) is 0 Å². The lowest BCUT2D eigenvalue weighted by molar-refractivity contribution is 0.0376. The molecule has 18 heavy (non-hydrogen) atoms. The Bertz CT molecular complexity index is 359. The van der Waals surface area contributed by atoms with E-state index >= 15 is 0 Å². The summed E-state index contributed by atoms with van der Waals surface area (Å²) in [5.41, 5.74) is 1.66. The monoisotopic (exact) mass is 310 g/mol. The van der Waals surface area contributed by atoms with Crippen molar-refractivity contribution in [3.05, 3.63) is 35.9 Å². The van der Waals surface area contributed by atoms with Crippen molar-refractivity contribution in [1.29, 1.82) is 0 Å². The third kappa shape index (κ3) is 2.97. The third-order valence-corrected chi connectivity index (χ3v) is 5.33. The van der Waals surface area contributed by atoms with Gasteiger partial charge in [-0.3, -0.25) is 0 Å². The fourth-order valence-electron chi connectivity index (χ4n) is 2.96. The van der Waals surface area contributed by atoms with Crippen LogP contribution >= 0.6 is 15.9 Å². The molecular weight excluding hydrogens is 288 g/mol. The Labute approximate surface area is 119 Å². The maximum absolute atomic E-state index is 6.02. The predicted molar refractivity (Wildman–Crippen MR) is 80.4 cm³/mol. The molecule has 3 unspecified atom stereocenters. The number of hydrogen-bond donors (Lipinski definition) is 0. The molecule has 0 saturated carbocycles. The first-order valence-electron chi connectivity index (χ1n) is 6.97. The minimum absolute atomic E-state index is 0.218. The van der Waals surface area contributed by atoms with E-state index in [1.54, 1.807) is 0 Å². The zero-order valence-corrected chi connectivity index (χ0v) is 12.9. The van der Waals surface area contributed by atoms with E-state index in [9.17, 15) is 0 Å². The summed E-state index contributed by atoms with van der Waals surface area (Å²) in [7, 11) is 0. The molecule has 1 fully saturated rings. The average Bonchev–Trinajstić information content (AvgIpc) is 2.82. The molecule has 1 heterocycles. The SMILES string of the molecule is CCC(CBr)(CC1CCC(C)O1)c1ccccc1. The second-order valence-corrected chi connectivity index (χ2v) is 6.04. The molecule has 0 radical (unpaired) electrons. The van der Waals surface area contributed by atoms with Gasteiger partial charge in [0.25, 0.3) is 0 Å². The van der Waals surface area contributed by atoms with Crippen molar-refractivity contribution < 1.29 is 4.74 Å². The predicted octanol–water partition coefficient (Wildman–Crippen LogP) is 4.69. The molecule has 0 aliphatic carbocycles. The Morgan fingerprint density at radius 3 is 2.50 bits per heavy atom. The number of hydrogen-bond acceptors (Lipinski definition) is 1. The minimum atomic E-state index is 0.218. The molecule has 1 nitrogen and oxygen atoms in total. The van der Waals surface area contributed by atoms with Crippen LogP contribution < -0.4 is 0 Å². The topological polar surface area (TPSA) is 9.23 Å². The number of rotatable bonds is 5. The lowest BCUT2D eigenvalue weighted by atomic mass is 9.75. The molecule has 0 bridgehead atoms. The van der Waals surface area contributed by atoms with Crippen LogP contribution in [0.25, 0.3) is 0 Å². The molecular formula is C16H23BrO. The molecule has 1 aliphatic heterocycles. The van der Waals surface area contributed by atoms with Gasteiger partial charge in [0.05, 0.1) is 12.2 Å². The Kier molecular flexibility index (Phi) is 4.85. The molecule has 100 valence electrons. The van der Waals surface area contributed by atoms with Crippen molar-refractivity contribution in [2.24, 2.45) is 0 Å². The van der Waals surface area contributed by atoms with Gasteiger partial charge < -0.3 is 4.74 Å².